The zero-order valence-corrected chi connectivity index (χ0v) is 13.8. The lowest BCUT2D eigenvalue weighted by atomic mass is 10.1. The monoisotopic (exact) mass is 324 g/mol. The summed E-state index contributed by atoms with van der Waals surface area (Å²) in [7, 11) is 0. The molecule has 0 unspecified atom stereocenters. The normalized spacial score (nSPS) is 10.1. The van der Waals surface area contributed by atoms with Crippen LogP contribution < -0.4 is 10.6 Å². The van der Waals surface area contributed by atoms with Crippen molar-refractivity contribution < 1.29 is 14.4 Å². The van der Waals surface area contributed by atoms with Gasteiger partial charge in [0.1, 0.15) is 0 Å². The van der Waals surface area contributed by atoms with Crippen molar-refractivity contribution in [2.45, 2.75) is 26.7 Å². The summed E-state index contributed by atoms with van der Waals surface area (Å²) in [5.41, 5.74) is 2.44. The number of anilines is 2. The number of ketones is 2. The molecule has 0 atom stereocenters. The fourth-order valence-corrected chi connectivity index (χ4v) is 2.18. The van der Waals surface area contributed by atoms with E-state index in [1.165, 1.54) is 0 Å². The number of benzene rings is 2. The topological polar surface area (TPSA) is 75.3 Å². The molecule has 0 spiro atoms. The highest BCUT2D eigenvalue weighted by atomic mass is 16.2. The molecule has 2 rings (SSSR count). The fourth-order valence-electron chi connectivity index (χ4n) is 2.18. The molecule has 0 fully saturated rings. The molecular formula is C19H20N2O3. The summed E-state index contributed by atoms with van der Waals surface area (Å²) in [5, 5.41) is 5.39. The third-order valence-electron chi connectivity index (χ3n) is 3.57. The maximum Gasteiger partial charge on any atom is 0.323 e. The van der Waals surface area contributed by atoms with Gasteiger partial charge in [-0.1, -0.05) is 13.8 Å². The van der Waals surface area contributed by atoms with Crippen molar-refractivity contribution in [2.24, 2.45) is 0 Å². The smallest absolute Gasteiger partial charge is 0.308 e. The summed E-state index contributed by atoms with van der Waals surface area (Å²) < 4.78 is 0. The van der Waals surface area contributed by atoms with Crippen LogP contribution in [-0.2, 0) is 0 Å². The van der Waals surface area contributed by atoms with Crippen LogP contribution in [0, 0.1) is 0 Å². The average molecular weight is 324 g/mol. The van der Waals surface area contributed by atoms with Crippen LogP contribution in [0.3, 0.4) is 0 Å². The number of hydrogen-bond acceptors (Lipinski definition) is 3. The number of Topliss-reactive ketones (excluding diaryl/α,β-unsaturated/α-hetero) is 2. The summed E-state index contributed by atoms with van der Waals surface area (Å²) in [6.07, 6.45) is 0.896. The minimum Gasteiger partial charge on any atom is -0.308 e. The highest BCUT2D eigenvalue weighted by molar-refractivity contribution is 6.01. The van der Waals surface area contributed by atoms with E-state index in [0.717, 1.165) is 0 Å². The Morgan fingerprint density at radius 2 is 1.00 bits per heavy atom. The molecule has 124 valence electrons. The summed E-state index contributed by atoms with van der Waals surface area (Å²) >= 11 is 0. The van der Waals surface area contributed by atoms with Gasteiger partial charge in [-0.3, -0.25) is 9.59 Å². The Morgan fingerprint density at radius 3 is 1.29 bits per heavy atom. The molecule has 24 heavy (non-hydrogen) atoms. The van der Waals surface area contributed by atoms with Crippen molar-refractivity contribution in [3.63, 3.8) is 0 Å². The predicted octanol–water partition coefficient (Wildman–Crippen LogP) is 4.52. The molecule has 0 aliphatic heterocycles. The number of urea groups is 1. The second-order valence-electron chi connectivity index (χ2n) is 5.29. The molecule has 5 nitrogen and oxygen atoms in total. The first kappa shape index (κ1) is 17.4. The molecule has 0 saturated heterocycles. The van der Waals surface area contributed by atoms with E-state index in [1.54, 1.807) is 62.4 Å². The van der Waals surface area contributed by atoms with E-state index in [9.17, 15) is 14.4 Å². The van der Waals surface area contributed by atoms with Gasteiger partial charge in [-0.2, -0.15) is 0 Å². The van der Waals surface area contributed by atoms with Crippen LogP contribution in [0.15, 0.2) is 48.5 Å². The molecule has 2 aromatic carbocycles. The van der Waals surface area contributed by atoms with Crippen LogP contribution in [0.1, 0.15) is 47.4 Å². The quantitative estimate of drug-likeness (QED) is 0.767. The predicted molar refractivity (Wildman–Crippen MR) is 94.8 cm³/mol. The Labute approximate surface area is 141 Å². The van der Waals surface area contributed by atoms with Gasteiger partial charge >= 0.3 is 6.03 Å². The number of hydrogen-bond donors (Lipinski definition) is 2. The van der Waals surface area contributed by atoms with E-state index in [-0.39, 0.29) is 17.6 Å². The first-order chi connectivity index (χ1) is 11.5. The molecule has 2 aromatic rings. The molecule has 0 aliphatic carbocycles. The number of rotatable bonds is 6. The molecule has 0 saturated carbocycles. The van der Waals surface area contributed by atoms with Crippen molar-refractivity contribution in [2.75, 3.05) is 10.6 Å². The van der Waals surface area contributed by atoms with Crippen molar-refractivity contribution in [3.8, 4) is 0 Å². The van der Waals surface area contributed by atoms with Gasteiger partial charge in [-0.05, 0) is 48.5 Å². The second-order valence-corrected chi connectivity index (χ2v) is 5.29. The lowest BCUT2D eigenvalue weighted by molar-refractivity contribution is 0.0980. The molecule has 0 bridgehead atoms. The number of carbonyl (C=O) groups excluding carboxylic acids is 3. The largest absolute Gasteiger partial charge is 0.323 e. The van der Waals surface area contributed by atoms with Gasteiger partial charge in [-0.15, -0.1) is 0 Å². The minimum atomic E-state index is -0.390. The zero-order valence-electron chi connectivity index (χ0n) is 13.8. The van der Waals surface area contributed by atoms with Gasteiger partial charge in [-0.25, -0.2) is 4.79 Å². The standard InChI is InChI=1S/C19H20N2O3/c1-3-17(22)13-5-9-15(10-6-13)20-19(24)21-16-11-7-14(8-12-16)18(23)4-2/h5-12H,3-4H2,1-2H3,(H2,20,21,24). The Kier molecular flexibility index (Phi) is 5.84. The highest BCUT2D eigenvalue weighted by Crippen LogP contribution is 2.14. The van der Waals surface area contributed by atoms with Crippen LogP contribution in [0.25, 0.3) is 0 Å². The van der Waals surface area contributed by atoms with Gasteiger partial charge in [0.25, 0.3) is 0 Å². The van der Waals surface area contributed by atoms with Gasteiger partial charge in [0.05, 0.1) is 0 Å². The zero-order chi connectivity index (χ0) is 17.5. The van der Waals surface area contributed by atoms with E-state index in [2.05, 4.69) is 10.6 Å². The molecule has 2 amide bonds. The van der Waals surface area contributed by atoms with E-state index in [4.69, 9.17) is 0 Å². The third-order valence-corrected chi connectivity index (χ3v) is 3.57. The van der Waals surface area contributed by atoms with Crippen LogP contribution in [0.4, 0.5) is 16.2 Å². The van der Waals surface area contributed by atoms with Gasteiger partial charge in [0, 0.05) is 35.3 Å². The maximum atomic E-state index is 12.0. The molecular weight excluding hydrogens is 304 g/mol. The van der Waals surface area contributed by atoms with Gasteiger partial charge in [0.2, 0.25) is 0 Å². The lowest BCUT2D eigenvalue weighted by Crippen LogP contribution is -2.19. The van der Waals surface area contributed by atoms with Crippen molar-refractivity contribution in [1.29, 1.82) is 0 Å². The fraction of sp³-hybridized carbons (Fsp3) is 0.211. The Bertz CT molecular complexity index is 671. The second kappa shape index (κ2) is 8.06. The molecule has 0 radical (unpaired) electrons. The Morgan fingerprint density at radius 1 is 0.667 bits per heavy atom. The van der Waals surface area contributed by atoms with E-state index in [1.807, 2.05) is 0 Å². The average Bonchev–Trinajstić information content (AvgIpc) is 2.61. The summed E-state index contributed by atoms with van der Waals surface area (Å²) in [5.74, 6) is 0.125. The van der Waals surface area contributed by atoms with Crippen LogP contribution in [0.5, 0.6) is 0 Å². The van der Waals surface area contributed by atoms with Crippen molar-refractivity contribution >= 4 is 29.0 Å². The molecule has 0 aromatic heterocycles. The van der Waals surface area contributed by atoms with Crippen LogP contribution in [-0.4, -0.2) is 17.6 Å². The Hall–Kier alpha value is -2.95. The van der Waals surface area contributed by atoms with E-state index < -0.39 is 0 Å². The van der Waals surface area contributed by atoms with Crippen LogP contribution >= 0.6 is 0 Å². The molecule has 0 aliphatic rings. The third kappa shape index (κ3) is 4.52. The molecule has 2 N–H and O–H groups in total. The summed E-state index contributed by atoms with van der Waals surface area (Å²) in [4.78, 5) is 35.1. The summed E-state index contributed by atoms with van der Waals surface area (Å²) in [6.45, 7) is 3.61. The minimum absolute atomic E-state index is 0.0627. The van der Waals surface area contributed by atoms with Crippen molar-refractivity contribution in [3.05, 3.63) is 59.7 Å². The molecule has 5 heteroatoms. The van der Waals surface area contributed by atoms with Gasteiger partial charge < -0.3 is 10.6 Å². The summed E-state index contributed by atoms with van der Waals surface area (Å²) in [6, 6.07) is 13.1. The lowest BCUT2D eigenvalue weighted by Gasteiger charge is -2.08. The first-order valence-corrected chi connectivity index (χ1v) is 7.88. The maximum absolute atomic E-state index is 12.0. The number of nitrogens with one attached hydrogen (secondary N) is 2. The van der Waals surface area contributed by atoms with Gasteiger partial charge in [0.15, 0.2) is 11.6 Å². The number of carbonyl (C=O) groups is 3. The van der Waals surface area contributed by atoms with E-state index in [0.29, 0.717) is 35.3 Å². The van der Waals surface area contributed by atoms with Crippen LogP contribution in [0.2, 0.25) is 0 Å². The SMILES string of the molecule is CCC(=O)c1ccc(NC(=O)Nc2ccc(C(=O)CC)cc2)cc1. The highest BCUT2D eigenvalue weighted by Gasteiger charge is 2.07. The van der Waals surface area contributed by atoms with E-state index >= 15 is 0 Å². The first-order valence-electron chi connectivity index (χ1n) is 7.88. The Balaban J connectivity index is 1.95. The molecule has 0 heterocycles. The number of amides is 2. The van der Waals surface area contributed by atoms with Crippen molar-refractivity contribution in [1.82, 2.24) is 0 Å².